The van der Waals surface area contributed by atoms with Crippen LogP contribution in [-0.2, 0) is 6.54 Å². The van der Waals surface area contributed by atoms with E-state index in [4.69, 9.17) is 0 Å². The summed E-state index contributed by atoms with van der Waals surface area (Å²) >= 11 is 0. The Labute approximate surface area is 134 Å². The third-order valence-corrected chi connectivity index (χ3v) is 4.51. The molecule has 1 aliphatic heterocycles. The van der Waals surface area contributed by atoms with Gasteiger partial charge in [-0.05, 0) is 49.2 Å². The van der Waals surface area contributed by atoms with Crippen molar-refractivity contribution in [3.8, 4) is 11.1 Å². The van der Waals surface area contributed by atoms with Crippen LogP contribution in [-0.4, -0.2) is 28.0 Å². The molecular weight excluding hydrogens is 286 g/mol. The number of para-hydroxylation sites is 1. The highest BCUT2D eigenvalue weighted by Gasteiger charge is 2.13. The summed E-state index contributed by atoms with van der Waals surface area (Å²) in [6.45, 7) is 3.37. The van der Waals surface area contributed by atoms with Gasteiger partial charge < -0.3 is 4.98 Å². The molecule has 2 aromatic carbocycles. The molecule has 4 rings (SSSR count). The predicted octanol–water partition coefficient (Wildman–Crippen LogP) is 3.19. The summed E-state index contributed by atoms with van der Waals surface area (Å²) in [5.41, 5.74) is 4.10. The number of hydrogen-bond acceptors (Lipinski definition) is 3. The van der Waals surface area contributed by atoms with E-state index >= 15 is 0 Å². The van der Waals surface area contributed by atoms with Crippen molar-refractivity contribution in [2.45, 2.75) is 19.4 Å². The van der Waals surface area contributed by atoms with Crippen LogP contribution in [0.15, 0.2) is 53.6 Å². The number of aromatic nitrogens is 2. The molecule has 0 aliphatic carbocycles. The second-order valence-corrected chi connectivity index (χ2v) is 6.12. The summed E-state index contributed by atoms with van der Waals surface area (Å²) in [5, 5.41) is 0.634. The minimum Gasteiger partial charge on any atom is -0.313 e. The van der Waals surface area contributed by atoms with E-state index in [1.54, 1.807) is 0 Å². The smallest absolute Gasteiger partial charge is 0.258 e. The van der Waals surface area contributed by atoms with Gasteiger partial charge in [0.15, 0.2) is 0 Å². The lowest BCUT2D eigenvalue weighted by Gasteiger charge is -2.15. The van der Waals surface area contributed by atoms with E-state index in [0.717, 1.165) is 23.2 Å². The van der Waals surface area contributed by atoms with Crippen molar-refractivity contribution in [1.29, 1.82) is 0 Å². The number of hydrogen-bond donors (Lipinski definition) is 1. The zero-order valence-electron chi connectivity index (χ0n) is 13.0. The van der Waals surface area contributed by atoms with E-state index in [1.807, 2.05) is 18.2 Å². The Kier molecular flexibility index (Phi) is 3.67. The maximum atomic E-state index is 12.0. The Hall–Kier alpha value is -2.46. The number of rotatable bonds is 3. The Morgan fingerprint density at radius 2 is 1.91 bits per heavy atom. The van der Waals surface area contributed by atoms with E-state index < -0.39 is 0 Å². The molecule has 1 fully saturated rings. The summed E-state index contributed by atoms with van der Waals surface area (Å²) in [7, 11) is 0. The van der Waals surface area contributed by atoms with Gasteiger partial charge in [-0.25, -0.2) is 4.98 Å². The minimum absolute atomic E-state index is 0.0925. The van der Waals surface area contributed by atoms with Crippen LogP contribution in [0.1, 0.15) is 18.4 Å². The van der Waals surface area contributed by atoms with Crippen LogP contribution in [0.25, 0.3) is 22.0 Å². The van der Waals surface area contributed by atoms with Crippen LogP contribution in [0.5, 0.6) is 0 Å². The van der Waals surface area contributed by atoms with Crippen molar-refractivity contribution in [3.63, 3.8) is 0 Å². The molecule has 2 heterocycles. The second-order valence-electron chi connectivity index (χ2n) is 6.12. The molecule has 4 heteroatoms. The predicted molar refractivity (Wildman–Crippen MR) is 92.3 cm³/mol. The lowest BCUT2D eigenvalue weighted by Crippen LogP contribution is -2.18. The molecule has 1 aromatic heterocycles. The summed E-state index contributed by atoms with van der Waals surface area (Å²) in [6, 6.07) is 14.3. The van der Waals surface area contributed by atoms with E-state index in [2.05, 4.69) is 39.1 Å². The minimum atomic E-state index is -0.0925. The van der Waals surface area contributed by atoms with Gasteiger partial charge in [0.2, 0.25) is 0 Å². The Morgan fingerprint density at radius 3 is 2.78 bits per heavy atom. The molecule has 4 nitrogen and oxygen atoms in total. The third-order valence-electron chi connectivity index (χ3n) is 4.51. The molecule has 1 saturated heterocycles. The van der Waals surface area contributed by atoms with E-state index in [1.165, 1.54) is 37.8 Å². The number of likely N-dealkylation sites (tertiary alicyclic amines) is 1. The molecule has 0 spiro atoms. The zero-order chi connectivity index (χ0) is 15.6. The first-order valence-corrected chi connectivity index (χ1v) is 8.09. The van der Waals surface area contributed by atoms with Crippen molar-refractivity contribution < 1.29 is 0 Å². The van der Waals surface area contributed by atoms with Crippen molar-refractivity contribution in [1.82, 2.24) is 14.9 Å². The van der Waals surface area contributed by atoms with Crippen LogP contribution >= 0.6 is 0 Å². The highest BCUT2D eigenvalue weighted by molar-refractivity contribution is 5.92. The lowest BCUT2D eigenvalue weighted by molar-refractivity contribution is 0.331. The first-order valence-electron chi connectivity index (χ1n) is 8.09. The average Bonchev–Trinajstić information content (AvgIpc) is 3.08. The van der Waals surface area contributed by atoms with Gasteiger partial charge in [-0.2, -0.15) is 0 Å². The number of H-pyrrole nitrogens is 1. The molecule has 0 amide bonds. The fourth-order valence-electron chi connectivity index (χ4n) is 3.37. The highest BCUT2D eigenvalue weighted by Crippen LogP contribution is 2.26. The number of aromatic amines is 1. The number of nitrogens with one attached hydrogen (secondary N) is 1. The zero-order valence-corrected chi connectivity index (χ0v) is 13.0. The van der Waals surface area contributed by atoms with Crippen LogP contribution in [0.3, 0.4) is 0 Å². The normalized spacial score (nSPS) is 15.3. The van der Waals surface area contributed by atoms with Crippen molar-refractivity contribution >= 4 is 10.9 Å². The van der Waals surface area contributed by atoms with Gasteiger partial charge in [-0.1, -0.05) is 30.3 Å². The maximum absolute atomic E-state index is 12.0. The van der Waals surface area contributed by atoms with Crippen LogP contribution in [0.2, 0.25) is 0 Å². The topological polar surface area (TPSA) is 49.0 Å². The lowest BCUT2D eigenvalue weighted by atomic mass is 10.0. The van der Waals surface area contributed by atoms with Gasteiger partial charge in [-0.3, -0.25) is 9.69 Å². The van der Waals surface area contributed by atoms with Gasteiger partial charge in [0.05, 0.1) is 17.2 Å². The largest absolute Gasteiger partial charge is 0.313 e. The van der Waals surface area contributed by atoms with Gasteiger partial charge in [-0.15, -0.1) is 0 Å². The first kappa shape index (κ1) is 14.2. The molecule has 0 saturated carbocycles. The quantitative estimate of drug-likeness (QED) is 0.808. The van der Waals surface area contributed by atoms with Gasteiger partial charge in [0.1, 0.15) is 0 Å². The molecular formula is C19H19N3O. The van der Waals surface area contributed by atoms with Crippen molar-refractivity contribution in [2.75, 3.05) is 13.1 Å². The number of fused-ring (bicyclic) bond motifs is 1. The van der Waals surface area contributed by atoms with Gasteiger partial charge in [0.25, 0.3) is 5.56 Å². The van der Waals surface area contributed by atoms with Crippen LogP contribution in [0, 0.1) is 0 Å². The van der Waals surface area contributed by atoms with Crippen molar-refractivity contribution in [3.05, 3.63) is 64.7 Å². The second kappa shape index (κ2) is 5.97. The molecule has 0 unspecified atom stereocenters. The van der Waals surface area contributed by atoms with Crippen LogP contribution in [0.4, 0.5) is 0 Å². The van der Waals surface area contributed by atoms with Crippen LogP contribution < -0.4 is 5.56 Å². The summed E-state index contributed by atoms with van der Waals surface area (Å²) < 4.78 is 0. The van der Waals surface area contributed by atoms with E-state index in [-0.39, 0.29) is 5.56 Å². The Morgan fingerprint density at radius 1 is 1.09 bits per heavy atom. The molecule has 3 aromatic rings. The van der Waals surface area contributed by atoms with E-state index in [0.29, 0.717) is 5.39 Å². The summed E-state index contributed by atoms with van der Waals surface area (Å²) in [4.78, 5) is 21.5. The number of benzene rings is 2. The SMILES string of the molecule is O=c1[nH]cnc2c(-c3cccc(CN4CCCC4)c3)cccc12. The summed E-state index contributed by atoms with van der Waals surface area (Å²) in [5.74, 6) is 0. The molecule has 1 N–H and O–H groups in total. The fraction of sp³-hybridized carbons (Fsp3) is 0.263. The molecule has 0 radical (unpaired) electrons. The monoisotopic (exact) mass is 305 g/mol. The highest BCUT2D eigenvalue weighted by atomic mass is 16.1. The molecule has 1 aliphatic rings. The average molecular weight is 305 g/mol. The third kappa shape index (κ3) is 2.78. The van der Waals surface area contributed by atoms with E-state index in [9.17, 15) is 4.79 Å². The molecule has 23 heavy (non-hydrogen) atoms. The fourth-order valence-corrected chi connectivity index (χ4v) is 3.37. The van der Waals surface area contributed by atoms with Crippen molar-refractivity contribution in [2.24, 2.45) is 0 Å². The van der Waals surface area contributed by atoms with Gasteiger partial charge in [0, 0.05) is 12.1 Å². The Bertz CT molecular complexity index is 894. The molecule has 0 atom stereocenters. The molecule has 0 bridgehead atoms. The first-order chi connectivity index (χ1) is 11.3. The molecule has 116 valence electrons. The van der Waals surface area contributed by atoms with Gasteiger partial charge >= 0.3 is 0 Å². The maximum Gasteiger partial charge on any atom is 0.258 e. The standard InChI is InChI=1S/C19H19N3O/c23-19-17-8-4-7-16(18(17)20-13-21-19)15-6-3-5-14(11-15)12-22-9-1-2-10-22/h3-8,11,13H,1-2,9-10,12H2,(H,20,21,23). The number of nitrogens with zero attached hydrogens (tertiary/aromatic N) is 2. The Balaban J connectivity index is 1.76. The summed E-state index contributed by atoms with van der Waals surface area (Å²) in [6.07, 6.45) is 4.08.